The Morgan fingerprint density at radius 3 is 2.41 bits per heavy atom. The van der Waals surface area contributed by atoms with E-state index in [0.717, 1.165) is 19.3 Å². The van der Waals surface area contributed by atoms with Gasteiger partial charge in [0.05, 0.1) is 6.61 Å². The number of carboxylic acid groups (broad SMARTS) is 1. The number of rotatable bonds is 5. The molecule has 0 heterocycles. The zero-order chi connectivity index (χ0) is 12.9. The van der Waals surface area contributed by atoms with Crippen molar-refractivity contribution in [3.63, 3.8) is 0 Å². The summed E-state index contributed by atoms with van der Waals surface area (Å²) in [6.45, 7) is 3.69. The van der Waals surface area contributed by atoms with Crippen molar-refractivity contribution in [2.75, 3.05) is 6.61 Å². The van der Waals surface area contributed by atoms with E-state index in [1.165, 1.54) is 0 Å². The fourth-order valence-electron chi connectivity index (χ4n) is 2.32. The number of carboxylic acids is 1. The third kappa shape index (κ3) is 3.43. The van der Waals surface area contributed by atoms with Crippen LogP contribution in [0.2, 0.25) is 0 Å². The number of hydrogen-bond acceptors (Lipinski definition) is 4. The summed E-state index contributed by atoms with van der Waals surface area (Å²) in [5.41, 5.74) is -0.954. The van der Waals surface area contributed by atoms with Gasteiger partial charge in [-0.25, -0.2) is 0 Å². The first-order valence-electron chi connectivity index (χ1n) is 6.19. The third-order valence-corrected chi connectivity index (χ3v) is 3.25. The molecular formula is C12H21NO4. The van der Waals surface area contributed by atoms with Crippen LogP contribution in [-0.2, 0) is 14.3 Å². The Morgan fingerprint density at radius 1 is 1.35 bits per heavy atom. The minimum atomic E-state index is -0.954. The van der Waals surface area contributed by atoms with Crippen LogP contribution in [0.5, 0.6) is 0 Å². The van der Waals surface area contributed by atoms with Gasteiger partial charge in [0, 0.05) is 0 Å². The molecule has 0 bridgehead atoms. The fraction of sp³-hybridized carbons (Fsp3) is 0.833. The van der Waals surface area contributed by atoms with Crippen LogP contribution in [0.15, 0.2) is 0 Å². The average molecular weight is 243 g/mol. The lowest BCUT2D eigenvalue weighted by molar-refractivity contribution is -0.150. The second-order valence-electron chi connectivity index (χ2n) is 4.57. The molecule has 1 fully saturated rings. The van der Waals surface area contributed by atoms with Gasteiger partial charge in [-0.15, -0.1) is 0 Å². The maximum atomic E-state index is 11.5. The minimum absolute atomic E-state index is 0.310. The van der Waals surface area contributed by atoms with E-state index in [1.807, 2.05) is 0 Å². The van der Waals surface area contributed by atoms with Crippen LogP contribution in [0, 0.1) is 0 Å². The molecule has 0 amide bonds. The smallest absolute Gasteiger partial charge is 0.323 e. The van der Waals surface area contributed by atoms with Gasteiger partial charge >= 0.3 is 11.9 Å². The van der Waals surface area contributed by atoms with Crippen molar-refractivity contribution in [2.24, 2.45) is 0 Å². The Hall–Kier alpha value is -1.10. The number of hydrogen-bond donors (Lipinski definition) is 2. The maximum absolute atomic E-state index is 11.5. The molecule has 1 unspecified atom stereocenters. The molecule has 5 heteroatoms. The summed E-state index contributed by atoms with van der Waals surface area (Å²) in [6, 6.07) is -0.579. The first kappa shape index (κ1) is 14.0. The van der Waals surface area contributed by atoms with Crippen molar-refractivity contribution in [1.82, 2.24) is 5.32 Å². The van der Waals surface area contributed by atoms with Gasteiger partial charge in [0.1, 0.15) is 11.6 Å². The van der Waals surface area contributed by atoms with E-state index >= 15 is 0 Å². The zero-order valence-electron chi connectivity index (χ0n) is 10.5. The maximum Gasteiger partial charge on any atom is 0.323 e. The molecule has 0 aromatic heterocycles. The molecular weight excluding hydrogens is 222 g/mol. The van der Waals surface area contributed by atoms with Gasteiger partial charge in [-0.05, 0) is 26.7 Å². The monoisotopic (exact) mass is 243 g/mol. The molecule has 1 atom stereocenters. The van der Waals surface area contributed by atoms with Crippen molar-refractivity contribution in [3.8, 4) is 0 Å². The van der Waals surface area contributed by atoms with E-state index in [4.69, 9.17) is 4.74 Å². The summed E-state index contributed by atoms with van der Waals surface area (Å²) >= 11 is 0. The van der Waals surface area contributed by atoms with Crippen LogP contribution in [0.3, 0.4) is 0 Å². The summed E-state index contributed by atoms with van der Waals surface area (Å²) in [5, 5.41) is 12.3. The Labute approximate surface area is 102 Å². The lowest BCUT2D eigenvalue weighted by Gasteiger charge is -2.35. The molecule has 0 radical (unpaired) electrons. The highest BCUT2D eigenvalue weighted by atomic mass is 16.5. The van der Waals surface area contributed by atoms with Gasteiger partial charge in [-0.1, -0.05) is 19.3 Å². The molecule has 0 saturated heterocycles. The molecule has 17 heavy (non-hydrogen) atoms. The Morgan fingerprint density at radius 2 is 1.94 bits per heavy atom. The number of carbonyl (C=O) groups excluding carboxylic acids is 1. The van der Waals surface area contributed by atoms with Crippen LogP contribution in [0.4, 0.5) is 0 Å². The van der Waals surface area contributed by atoms with Crippen LogP contribution in [-0.4, -0.2) is 35.2 Å². The summed E-state index contributed by atoms with van der Waals surface area (Å²) in [4.78, 5) is 22.9. The molecule has 1 aliphatic rings. The Bertz CT molecular complexity index is 284. The highest BCUT2D eigenvalue weighted by molar-refractivity contribution is 5.81. The first-order valence-corrected chi connectivity index (χ1v) is 6.19. The highest BCUT2D eigenvalue weighted by Gasteiger charge is 2.41. The van der Waals surface area contributed by atoms with E-state index in [0.29, 0.717) is 19.4 Å². The Kier molecular flexibility index (Phi) is 4.93. The molecule has 2 N–H and O–H groups in total. The number of aliphatic carboxylic acids is 1. The SMILES string of the molecule is CCOC(=O)C(C)NC1(C(=O)O)CCCCC1. The summed E-state index contributed by atoms with van der Waals surface area (Å²) in [6.07, 6.45) is 3.98. The first-order chi connectivity index (χ1) is 8.02. The normalized spacial score (nSPS) is 20.6. The largest absolute Gasteiger partial charge is 0.480 e. The van der Waals surface area contributed by atoms with Crippen molar-refractivity contribution >= 4 is 11.9 Å². The van der Waals surface area contributed by atoms with Crippen molar-refractivity contribution in [1.29, 1.82) is 0 Å². The molecule has 0 aliphatic heterocycles. The molecule has 0 aromatic rings. The lowest BCUT2D eigenvalue weighted by atomic mass is 9.81. The zero-order valence-corrected chi connectivity index (χ0v) is 10.5. The van der Waals surface area contributed by atoms with Crippen LogP contribution in [0.25, 0.3) is 0 Å². The van der Waals surface area contributed by atoms with Crippen LogP contribution in [0.1, 0.15) is 46.0 Å². The van der Waals surface area contributed by atoms with E-state index in [2.05, 4.69) is 5.32 Å². The average Bonchev–Trinajstić information content (AvgIpc) is 2.30. The number of esters is 1. The predicted molar refractivity (Wildman–Crippen MR) is 62.7 cm³/mol. The number of nitrogens with one attached hydrogen (secondary N) is 1. The van der Waals surface area contributed by atoms with Gasteiger partial charge in [-0.3, -0.25) is 14.9 Å². The molecule has 5 nitrogen and oxygen atoms in total. The van der Waals surface area contributed by atoms with Gasteiger partial charge in [-0.2, -0.15) is 0 Å². The third-order valence-electron chi connectivity index (χ3n) is 3.25. The van der Waals surface area contributed by atoms with E-state index in [-0.39, 0.29) is 0 Å². The molecule has 0 aromatic carbocycles. The van der Waals surface area contributed by atoms with E-state index in [1.54, 1.807) is 13.8 Å². The van der Waals surface area contributed by atoms with Gasteiger partial charge in [0.15, 0.2) is 0 Å². The number of ether oxygens (including phenoxy) is 1. The van der Waals surface area contributed by atoms with Crippen molar-refractivity contribution in [2.45, 2.75) is 57.5 Å². The molecule has 98 valence electrons. The Balaban J connectivity index is 2.66. The fourth-order valence-corrected chi connectivity index (χ4v) is 2.32. The standard InChI is InChI=1S/C12H21NO4/c1-3-17-10(14)9(2)13-12(11(15)16)7-5-4-6-8-12/h9,13H,3-8H2,1-2H3,(H,15,16). The second kappa shape index (κ2) is 6.00. The second-order valence-corrected chi connectivity index (χ2v) is 4.57. The summed E-state index contributed by atoms with van der Waals surface area (Å²) < 4.78 is 4.88. The van der Waals surface area contributed by atoms with Crippen molar-refractivity contribution < 1.29 is 19.4 Å². The lowest BCUT2D eigenvalue weighted by Crippen LogP contribution is -2.58. The van der Waals surface area contributed by atoms with Crippen molar-refractivity contribution in [3.05, 3.63) is 0 Å². The van der Waals surface area contributed by atoms with Gasteiger partial charge in [0.2, 0.25) is 0 Å². The number of carbonyl (C=O) groups is 2. The van der Waals surface area contributed by atoms with Crippen LogP contribution < -0.4 is 5.32 Å². The summed E-state index contributed by atoms with van der Waals surface area (Å²) in [5.74, 6) is -1.26. The molecule has 0 spiro atoms. The molecule has 1 saturated carbocycles. The molecule has 1 aliphatic carbocycles. The van der Waals surface area contributed by atoms with Gasteiger partial charge < -0.3 is 9.84 Å². The minimum Gasteiger partial charge on any atom is -0.480 e. The molecule has 1 rings (SSSR count). The highest BCUT2D eigenvalue weighted by Crippen LogP contribution is 2.29. The predicted octanol–water partition coefficient (Wildman–Crippen LogP) is 1.32. The van der Waals surface area contributed by atoms with Crippen LogP contribution >= 0.6 is 0 Å². The quantitative estimate of drug-likeness (QED) is 0.712. The topological polar surface area (TPSA) is 75.6 Å². The van der Waals surface area contributed by atoms with Gasteiger partial charge in [0.25, 0.3) is 0 Å². The van der Waals surface area contributed by atoms with E-state index in [9.17, 15) is 14.7 Å². The summed E-state index contributed by atoms with van der Waals surface area (Å²) in [7, 11) is 0. The van der Waals surface area contributed by atoms with E-state index < -0.39 is 23.5 Å².